The number of ketones is 2. The number of carbonyl (C=O) groups is 3. The lowest BCUT2D eigenvalue weighted by molar-refractivity contribution is -0.123. The van der Waals surface area contributed by atoms with E-state index in [0.717, 1.165) is 5.69 Å². The summed E-state index contributed by atoms with van der Waals surface area (Å²) in [5.41, 5.74) is 1.48. The van der Waals surface area contributed by atoms with Crippen molar-refractivity contribution in [3.05, 3.63) is 53.6 Å². The van der Waals surface area contributed by atoms with Crippen molar-refractivity contribution in [2.24, 2.45) is 5.41 Å². The molecule has 0 spiro atoms. The Morgan fingerprint density at radius 2 is 1.61 bits per heavy atom. The van der Waals surface area contributed by atoms with Crippen LogP contribution in [0, 0.1) is 5.41 Å². The van der Waals surface area contributed by atoms with Crippen LogP contribution in [-0.4, -0.2) is 45.5 Å². The van der Waals surface area contributed by atoms with E-state index in [-0.39, 0.29) is 36.2 Å². The van der Waals surface area contributed by atoms with Crippen LogP contribution >= 0.6 is 0 Å². The molecule has 0 saturated carbocycles. The Morgan fingerprint density at radius 3 is 2.16 bits per heavy atom. The first kappa shape index (κ1) is 24.1. The summed E-state index contributed by atoms with van der Waals surface area (Å²) in [6.07, 6.45) is -0.318. The fraction of sp³-hybridized carbons (Fsp3) is 0.375. The Kier molecular flexibility index (Phi) is 7.94. The molecule has 1 N–H and O–H groups in total. The number of Topliss-reactive ketones (excluding diaryl/α,β-unsaturated/α-hetero) is 2. The van der Waals surface area contributed by atoms with Crippen molar-refractivity contribution in [2.75, 3.05) is 38.2 Å². The number of carbonyl (C=O) groups excluding carboxylic acids is 3. The van der Waals surface area contributed by atoms with E-state index in [2.05, 4.69) is 5.32 Å². The molecular formula is C24H30N2O5. The third-order valence-electron chi connectivity index (χ3n) is 4.58. The van der Waals surface area contributed by atoms with Gasteiger partial charge in [-0.15, -0.1) is 0 Å². The van der Waals surface area contributed by atoms with Gasteiger partial charge in [-0.1, -0.05) is 20.8 Å². The lowest BCUT2D eigenvalue weighted by Gasteiger charge is -2.18. The van der Waals surface area contributed by atoms with Gasteiger partial charge < -0.3 is 19.7 Å². The van der Waals surface area contributed by atoms with Crippen molar-refractivity contribution in [1.82, 2.24) is 0 Å². The van der Waals surface area contributed by atoms with Crippen LogP contribution in [0.25, 0.3) is 0 Å². The maximum absolute atomic E-state index is 13.0. The van der Waals surface area contributed by atoms with Crippen molar-refractivity contribution in [3.8, 4) is 5.75 Å². The van der Waals surface area contributed by atoms with Crippen LogP contribution in [0.4, 0.5) is 11.4 Å². The van der Waals surface area contributed by atoms with Crippen molar-refractivity contribution in [3.63, 3.8) is 0 Å². The van der Waals surface area contributed by atoms with Gasteiger partial charge in [0.25, 0.3) is 0 Å². The summed E-state index contributed by atoms with van der Waals surface area (Å²) in [4.78, 5) is 39.9. The summed E-state index contributed by atoms with van der Waals surface area (Å²) in [6.45, 7) is 5.34. The molecule has 0 aromatic heterocycles. The zero-order valence-electron chi connectivity index (χ0n) is 18.9. The highest BCUT2D eigenvalue weighted by atomic mass is 16.7. The molecule has 0 heterocycles. The van der Waals surface area contributed by atoms with Crippen LogP contribution in [0.3, 0.4) is 0 Å². The maximum Gasteiger partial charge on any atom is 0.229 e. The quantitative estimate of drug-likeness (QED) is 0.368. The van der Waals surface area contributed by atoms with E-state index in [9.17, 15) is 14.4 Å². The predicted molar refractivity (Wildman–Crippen MR) is 121 cm³/mol. The van der Waals surface area contributed by atoms with Gasteiger partial charge in [-0.25, -0.2) is 0 Å². The molecule has 0 aliphatic rings. The van der Waals surface area contributed by atoms with Crippen LogP contribution in [0.2, 0.25) is 0 Å². The second-order valence-corrected chi connectivity index (χ2v) is 8.43. The second-order valence-electron chi connectivity index (χ2n) is 8.43. The van der Waals surface area contributed by atoms with E-state index in [0.29, 0.717) is 11.3 Å². The summed E-state index contributed by atoms with van der Waals surface area (Å²) in [6, 6.07) is 11.8. The number of amides is 1. The number of methoxy groups -OCH3 is 1. The monoisotopic (exact) mass is 426 g/mol. The van der Waals surface area contributed by atoms with Crippen LogP contribution in [0.5, 0.6) is 5.75 Å². The fourth-order valence-electron chi connectivity index (χ4n) is 2.68. The SMILES string of the molecule is COCOc1ccc(NC(=O)C(C)(C)C)cc1C(=O)CC(=O)c1ccc(N(C)C)cc1. The van der Waals surface area contributed by atoms with E-state index in [4.69, 9.17) is 9.47 Å². The maximum atomic E-state index is 13.0. The minimum Gasteiger partial charge on any atom is -0.467 e. The van der Waals surface area contributed by atoms with Gasteiger partial charge in [0.1, 0.15) is 5.75 Å². The summed E-state index contributed by atoms with van der Waals surface area (Å²) in [7, 11) is 5.29. The highest BCUT2D eigenvalue weighted by molar-refractivity contribution is 6.15. The highest BCUT2D eigenvalue weighted by Crippen LogP contribution is 2.27. The first-order chi connectivity index (χ1) is 14.5. The minimum absolute atomic E-state index is 0.0477. The van der Waals surface area contributed by atoms with Crippen LogP contribution in [0.1, 0.15) is 47.9 Å². The molecule has 0 radical (unpaired) electrons. The molecular weight excluding hydrogens is 396 g/mol. The highest BCUT2D eigenvalue weighted by Gasteiger charge is 2.23. The average Bonchev–Trinajstić information content (AvgIpc) is 2.71. The molecule has 7 nitrogen and oxygen atoms in total. The zero-order valence-corrected chi connectivity index (χ0v) is 18.9. The van der Waals surface area contributed by atoms with Gasteiger partial charge in [-0.05, 0) is 42.5 Å². The Bertz CT molecular complexity index is 943. The third kappa shape index (κ3) is 6.65. The molecule has 0 saturated heterocycles. The molecule has 0 atom stereocenters. The molecule has 0 fully saturated rings. The molecule has 0 bridgehead atoms. The zero-order chi connectivity index (χ0) is 23.2. The summed E-state index contributed by atoms with van der Waals surface area (Å²) >= 11 is 0. The van der Waals surface area contributed by atoms with E-state index in [1.165, 1.54) is 13.2 Å². The lowest BCUT2D eigenvalue weighted by atomic mass is 9.95. The number of benzene rings is 2. The molecule has 166 valence electrons. The number of anilines is 2. The van der Waals surface area contributed by atoms with Gasteiger partial charge in [0, 0.05) is 43.6 Å². The predicted octanol–water partition coefficient (Wildman–Crippen LogP) is 4.18. The fourth-order valence-corrected chi connectivity index (χ4v) is 2.68. The number of ether oxygens (including phenoxy) is 2. The van der Waals surface area contributed by atoms with Crippen LogP contribution in [0.15, 0.2) is 42.5 Å². The molecule has 2 aromatic carbocycles. The molecule has 31 heavy (non-hydrogen) atoms. The van der Waals surface area contributed by atoms with Crippen molar-refractivity contribution in [2.45, 2.75) is 27.2 Å². The van der Waals surface area contributed by atoms with Gasteiger partial charge >= 0.3 is 0 Å². The normalized spacial score (nSPS) is 11.0. The number of rotatable bonds is 9. The molecule has 1 amide bonds. The number of nitrogens with one attached hydrogen (secondary N) is 1. The van der Waals surface area contributed by atoms with Crippen molar-refractivity contribution >= 4 is 28.8 Å². The van der Waals surface area contributed by atoms with Crippen molar-refractivity contribution in [1.29, 1.82) is 0 Å². The standard InChI is InChI=1S/C24H30N2O5/c1-24(2,3)23(29)25-17-9-12-22(31-15-30-6)19(13-17)21(28)14-20(27)16-7-10-18(11-8-16)26(4)5/h7-13H,14-15H2,1-6H3,(H,25,29). The lowest BCUT2D eigenvalue weighted by Crippen LogP contribution is -2.27. The number of nitrogens with zero attached hydrogens (tertiary/aromatic N) is 1. The Labute approximate surface area is 183 Å². The molecule has 2 rings (SSSR count). The Hall–Kier alpha value is -3.19. The minimum atomic E-state index is -0.593. The van der Waals surface area contributed by atoms with Crippen LogP contribution in [-0.2, 0) is 9.53 Å². The van der Waals surface area contributed by atoms with Crippen molar-refractivity contribution < 1.29 is 23.9 Å². The molecule has 7 heteroatoms. The van der Waals surface area contributed by atoms with Crippen LogP contribution < -0.4 is 15.0 Å². The summed E-state index contributed by atoms with van der Waals surface area (Å²) in [5.74, 6) is -0.596. The summed E-state index contributed by atoms with van der Waals surface area (Å²) in [5, 5.41) is 2.79. The first-order valence-electron chi connectivity index (χ1n) is 9.94. The second kappa shape index (κ2) is 10.2. The Balaban J connectivity index is 2.25. The average molecular weight is 427 g/mol. The van der Waals surface area contributed by atoms with E-state index in [1.54, 1.807) is 45.0 Å². The van der Waals surface area contributed by atoms with Gasteiger partial charge in [0.2, 0.25) is 5.91 Å². The Morgan fingerprint density at radius 1 is 0.968 bits per heavy atom. The molecule has 2 aromatic rings. The van der Waals surface area contributed by atoms with Gasteiger partial charge in [-0.2, -0.15) is 0 Å². The molecule has 0 aliphatic heterocycles. The first-order valence-corrected chi connectivity index (χ1v) is 9.94. The number of hydrogen-bond donors (Lipinski definition) is 1. The number of hydrogen-bond acceptors (Lipinski definition) is 6. The van der Waals surface area contributed by atoms with E-state index < -0.39 is 11.2 Å². The van der Waals surface area contributed by atoms with Gasteiger partial charge in [0.15, 0.2) is 18.4 Å². The topological polar surface area (TPSA) is 84.9 Å². The molecule has 0 unspecified atom stereocenters. The van der Waals surface area contributed by atoms with E-state index in [1.807, 2.05) is 31.1 Å². The largest absolute Gasteiger partial charge is 0.467 e. The van der Waals surface area contributed by atoms with E-state index >= 15 is 0 Å². The van der Waals surface area contributed by atoms with Gasteiger partial charge in [-0.3, -0.25) is 14.4 Å². The summed E-state index contributed by atoms with van der Waals surface area (Å²) < 4.78 is 10.4. The smallest absolute Gasteiger partial charge is 0.229 e. The third-order valence-corrected chi connectivity index (χ3v) is 4.58. The van der Waals surface area contributed by atoms with Gasteiger partial charge in [0.05, 0.1) is 12.0 Å². The molecule has 0 aliphatic carbocycles.